The van der Waals surface area contributed by atoms with Crippen LogP contribution in [0.5, 0.6) is 0 Å². The maximum atomic E-state index is 13.6. The minimum atomic E-state index is -1.21. The van der Waals surface area contributed by atoms with E-state index >= 15 is 0 Å². The SMILES string of the molecule is O=C(O)c1ccc(CN(CC2CC2)C2CC2)cc1F. The van der Waals surface area contributed by atoms with Crippen molar-refractivity contribution in [2.24, 2.45) is 5.92 Å². The summed E-state index contributed by atoms with van der Waals surface area (Å²) in [5, 5.41) is 8.81. The third kappa shape index (κ3) is 3.13. The summed E-state index contributed by atoms with van der Waals surface area (Å²) in [5.74, 6) is -1.02. The van der Waals surface area contributed by atoms with Gasteiger partial charge >= 0.3 is 5.97 Å². The van der Waals surface area contributed by atoms with E-state index in [0.29, 0.717) is 6.04 Å². The van der Waals surface area contributed by atoms with Gasteiger partial charge in [-0.1, -0.05) is 6.07 Å². The molecule has 2 saturated carbocycles. The molecule has 1 aromatic rings. The molecular formula is C15H18FNO2. The summed E-state index contributed by atoms with van der Waals surface area (Å²) in [6.07, 6.45) is 5.11. The molecule has 0 bridgehead atoms. The summed E-state index contributed by atoms with van der Waals surface area (Å²) in [6, 6.07) is 5.12. The highest BCUT2D eigenvalue weighted by Gasteiger charge is 2.33. The summed E-state index contributed by atoms with van der Waals surface area (Å²) in [6.45, 7) is 1.84. The third-order valence-corrected chi connectivity index (χ3v) is 3.90. The Morgan fingerprint density at radius 2 is 2.05 bits per heavy atom. The van der Waals surface area contributed by atoms with Crippen LogP contribution in [-0.4, -0.2) is 28.6 Å². The van der Waals surface area contributed by atoms with E-state index in [1.807, 2.05) is 0 Å². The topological polar surface area (TPSA) is 40.5 Å². The van der Waals surface area contributed by atoms with Crippen LogP contribution in [-0.2, 0) is 6.54 Å². The number of rotatable bonds is 6. The highest BCUT2D eigenvalue weighted by molar-refractivity contribution is 5.87. The van der Waals surface area contributed by atoms with Crippen molar-refractivity contribution in [3.05, 3.63) is 35.1 Å². The van der Waals surface area contributed by atoms with Crippen LogP contribution in [0, 0.1) is 11.7 Å². The Kier molecular flexibility index (Phi) is 3.27. The fraction of sp³-hybridized carbons (Fsp3) is 0.533. The van der Waals surface area contributed by atoms with Crippen LogP contribution in [0.1, 0.15) is 41.6 Å². The summed E-state index contributed by atoms with van der Waals surface area (Å²) in [4.78, 5) is 13.2. The van der Waals surface area contributed by atoms with Crippen molar-refractivity contribution in [2.45, 2.75) is 38.3 Å². The molecule has 1 aromatic carbocycles. The molecule has 0 heterocycles. The maximum Gasteiger partial charge on any atom is 0.338 e. The first-order valence-electron chi connectivity index (χ1n) is 6.89. The van der Waals surface area contributed by atoms with Gasteiger partial charge in [0, 0.05) is 19.1 Å². The van der Waals surface area contributed by atoms with Crippen LogP contribution in [0.2, 0.25) is 0 Å². The van der Waals surface area contributed by atoms with Crippen molar-refractivity contribution >= 4 is 5.97 Å². The summed E-state index contributed by atoms with van der Waals surface area (Å²) >= 11 is 0. The lowest BCUT2D eigenvalue weighted by molar-refractivity contribution is 0.0692. The van der Waals surface area contributed by atoms with Gasteiger partial charge < -0.3 is 5.11 Å². The predicted octanol–water partition coefficient (Wildman–Crippen LogP) is 2.90. The first kappa shape index (κ1) is 12.6. The van der Waals surface area contributed by atoms with Gasteiger partial charge in [-0.25, -0.2) is 9.18 Å². The van der Waals surface area contributed by atoms with Crippen molar-refractivity contribution in [1.82, 2.24) is 4.90 Å². The Bertz CT molecular complexity index is 495. The van der Waals surface area contributed by atoms with E-state index in [0.717, 1.165) is 24.6 Å². The second-order valence-electron chi connectivity index (χ2n) is 5.72. The van der Waals surface area contributed by atoms with Gasteiger partial charge in [0.25, 0.3) is 0 Å². The zero-order valence-electron chi connectivity index (χ0n) is 10.8. The van der Waals surface area contributed by atoms with Gasteiger partial charge in [0.15, 0.2) is 0 Å². The van der Waals surface area contributed by atoms with Crippen molar-refractivity contribution in [1.29, 1.82) is 0 Å². The van der Waals surface area contributed by atoms with E-state index in [9.17, 15) is 9.18 Å². The monoisotopic (exact) mass is 263 g/mol. The van der Waals surface area contributed by atoms with Gasteiger partial charge in [0.1, 0.15) is 5.82 Å². The number of carboxylic acid groups (broad SMARTS) is 1. The number of nitrogens with zero attached hydrogens (tertiary/aromatic N) is 1. The van der Waals surface area contributed by atoms with Gasteiger partial charge in [-0.3, -0.25) is 4.90 Å². The van der Waals surface area contributed by atoms with Gasteiger partial charge in [-0.2, -0.15) is 0 Å². The molecule has 0 atom stereocenters. The number of benzene rings is 1. The molecular weight excluding hydrogens is 245 g/mol. The van der Waals surface area contributed by atoms with Crippen LogP contribution in [0.4, 0.5) is 4.39 Å². The number of aromatic carboxylic acids is 1. The predicted molar refractivity (Wildman–Crippen MR) is 69.5 cm³/mol. The zero-order valence-corrected chi connectivity index (χ0v) is 10.8. The number of hydrogen-bond donors (Lipinski definition) is 1. The molecule has 0 unspecified atom stereocenters. The van der Waals surface area contributed by atoms with Crippen molar-refractivity contribution < 1.29 is 14.3 Å². The molecule has 4 heteroatoms. The normalized spacial score (nSPS) is 18.8. The molecule has 0 aliphatic heterocycles. The minimum absolute atomic E-state index is 0.246. The van der Waals surface area contributed by atoms with Crippen LogP contribution < -0.4 is 0 Å². The standard InChI is InChI=1S/C15H18FNO2/c16-14-7-11(3-6-13(14)15(18)19)9-17(12-4-5-12)8-10-1-2-10/h3,6-7,10,12H,1-2,4-5,8-9H2,(H,18,19). The first-order chi connectivity index (χ1) is 9.13. The highest BCUT2D eigenvalue weighted by atomic mass is 19.1. The number of hydrogen-bond acceptors (Lipinski definition) is 2. The Hall–Kier alpha value is -1.42. The average molecular weight is 263 g/mol. The Labute approximate surface area is 112 Å². The molecule has 102 valence electrons. The van der Waals surface area contributed by atoms with Gasteiger partial charge in [-0.05, 0) is 49.3 Å². The Morgan fingerprint density at radius 3 is 2.58 bits per heavy atom. The lowest BCUT2D eigenvalue weighted by Crippen LogP contribution is -2.27. The van der Waals surface area contributed by atoms with Crippen LogP contribution in [0.15, 0.2) is 18.2 Å². The molecule has 0 spiro atoms. The highest BCUT2D eigenvalue weighted by Crippen LogP contribution is 2.35. The number of carboxylic acids is 1. The van der Waals surface area contributed by atoms with Crippen LogP contribution >= 0.6 is 0 Å². The second kappa shape index (κ2) is 4.93. The lowest BCUT2D eigenvalue weighted by Gasteiger charge is -2.22. The molecule has 3 rings (SSSR count). The summed E-state index contributed by atoms with van der Waals surface area (Å²) in [5.41, 5.74) is 0.624. The third-order valence-electron chi connectivity index (χ3n) is 3.90. The van der Waals surface area contributed by atoms with Crippen molar-refractivity contribution in [3.8, 4) is 0 Å². The molecule has 0 aromatic heterocycles. The molecule has 0 amide bonds. The molecule has 0 radical (unpaired) electrons. The molecule has 3 nitrogen and oxygen atoms in total. The van der Waals surface area contributed by atoms with E-state index in [1.54, 1.807) is 6.07 Å². The van der Waals surface area contributed by atoms with Crippen LogP contribution in [0.25, 0.3) is 0 Å². The average Bonchev–Trinajstić information content (AvgIpc) is 3.22. The fourth-order valence-electron chi connectivity index (χ4n) is 2.48. The minimum Gasteiger partial charge on any atom is -0.478 e. The molecule has 2 aliphatic rings. The first-order valence-corrected chi connectivity index (χ1v) is 6.89. The zero-order chi connectivity index (χ0) is 13.4. The number of halogens is 1. The smallest absolute Gasteiger partial charge is 0.338 e. The Morgan fingerprint density at radius 1 is 1.32 bits per heavy atom. The van der Waals surface area contributed by atoms with Gasteiger partial charge in [-0.15, -0.1) is 0 Å². The maximum absolute atomic E-state index is 13.6. The number of carbonyl (C=O) groups is 1. The molecule has 2 aliphatic carbocycles. The molecule has 2 fully saturated rings. The molecule has 19 heavy (non-hydrogen) atoms. The Balaban J connectivity index is 1.70. The van der Waals surface area contributed by atoms with E-state index in [2.05, 4.69) is 4.90 Å². The largest absolute Gasteiger partial charge is 0.478 e. The molecule has 1 N–H and O–H groups in total. The fourth-order valence-corrected chi connectivity index (χ4v) is 2.48. The molecule has 0 saturated heterocycles. The quantitative estimate of drug-likeness (QED) is 0.858. The van der Waals surface area contributed by atoms with Gasteiger partial charge in [0.2, 0.25) is 0 Å². The van der Waals surface area contributed by atoms with Gasteiger partial charge in [0.05, 0.1) is 5.56 Å². The summed E-state index contributed by atoms with van der Waals surface area (Å²) in [7, 11) is 0. The van der Waals surface area contributed by atoms with Crippen LogP contribution in [0.3, 0.4) is 0 Å². The van der Waals surface area contributed by atoms with Crippen molar-refractivity contribution in [3.63, 3.8) is 0 Å². The van der Waals surface area contributed by atoms with E-state index in [-0.39, 0.29) is 5.56 Å². The van der Waals surface area contributed by atoms with Crippen molar-refractivity contribution in [2.75, 3.05) is 6.54 Å². The lowest BCUT2D eigenvalue weighted by atomic mass is 10.1. The van der Waals surface area contributed by atoms with E-state index in [4.69, 9.17) is 5.11 Å². The summed E-state index contributed by atoms with van der Waals surface area (Å²) < 4.78 is 13.6. The van der Waals surface area contributed by atoms with E-state index < -0.39 is 11.8 Å². The second-order valence-corrected chi connectivity index (χ2v) is 5.72. The van der Waals surface area contributed by atoms with E-state index in [1.165, 1.54) is 37.8 Å².